The minimum atomic E-state index is -1.10. The molecule has 1 N–H and O–H groups in total. The number of benzene rings is 1. The normalized spacial score (nSPS) is 13.8. The average molecular weight is 223 g/mol. The Balaban J connectivity index is 2.50. The van der Waals surface area contributed by atoms with E-state index in [-0.39, 0.29) is 24.6 Å². The van der Waals surface area contributed by atoms with Crippen molar-refractivity contribution in [2.75, 3.05) is 0 Å². The zero-order chi connectivity index (χ0) is 11.9. The van der Waals surface area contributed by atoms with Crippen molar-refractivity contribution in [2.24, 2.45) is 0 Å². The fourth-order valence-corrected chi connectivity index (χ4v) is 1.88. The summed E-state index contributed by atoms with van der Waals surface area (Å²) in [7, 11) is 0. The molecular formula is C11H10FNO3. The van der Waals surface area contributed by atoms with Crippen LogP contribution in [0.2, 0.25) is 0 Å². The lowest BCUT2D eigenvalue weighted by Gasteiger charge is -2.11. The van der Waals surface area contributed by atoms with Crippen LogP contribution in [0.4, 0.5) is 4.39 Å². The van der Waals surface area contributed by atoms with Crippen LogP contribution in [0.1, 0.15) is 28.4 Å². The third-order valence-corrected chi connectivity index (χ3v) is 2.75. The summed E-state index contributed by atoms with van der Waals surface area (Å²) in [6.45, 7) is 1.70. The van der Waals surface area contributed by atoms with Crippen molar-refractivity contribution in [3.05, 3.63) is 34.6 Å². The van der Waals surface area contributed by atoms with Crippen molar-refractivity contribution in [3.63, 3.8) is 0 Å². The van der Waals surface area contributed by atoms with E-state index in [9.17, 15) is 14.0 Å². The molecule has 84 valence electrons. The van der Waals surface area contributed by atoms with Crippen LogP contribution in [0.25, 0.3) is 0 Å². The van der Waals surface area contributed by atoms with Gasteiger partial charge in [0.1, 0.15) is 5.82 Å². The van der Waals surface area contributed by atoms with E-state index in [2.05, 4.69) is 0 Å². The van der Waals surface area contributed by atoms with Gasteiger partial charge in [0, 0.05) is 25.6 Å². The highest BCUT2D eigenvalue weighted by molar-refractivity contribution is 5.90. The van der Waals surface area contributed by atoms with Crippen molar-refractivity contribution < 1.29 is 19.1 Å². The summed E-state index contributed by atoms with van der Waals surface area (Å²) < 4.78 is 13.4. The molecule has 0 spiro atoms. The SMILES string of the molecule is CC(=O)N1Cc2c(F)ccc(C(=O)O)c2C1. The first-order valence-corrected chi connectivity index (χ1v) is 4.79. The third-order valence-electron chi connectivity index (χ3n) is 2.75. The van der Waals surface area contributed by atoms with Crippen molar-refractivity contribution in [3.8, 4) is 0 Å². The Labute approximate surface area is 91.3 Å². The molecule has 0 atom stereocenters. The standard InChI is InChI=1S/C11H10FNO3/c1-6(14)13-4-8-7(11(15)16)2-3-10(12)9(8)5-13/h2-3H,4-5H2,1H3,(H,15,16). The first-order valence-electron chi connectivity index (χ1n) is 4.79. The van der Waals surface area contributed by atoms with Crippen LogP contribution in [0, 0.1) is 5.82 Å². The maximum absolute atomic E-state index is 13.4. The maximum atomic E-state index is 13.4. The number of hydrogen-bond acceptors (Lipinski definition) is 2. The van der Waals surface area contributed by atoms with E-state index >= 15 is 0 Å². The summed E-state index contributed by atoms with van der Waals surface area (Å²) >= 11 is 0. The van der Waals surface area contributed by atoms with Crippen LogP contribution in [0.3, 0.4) is 0 Å². The van der Waals surface area contributed by atoms with Crippen molar-refractivity contribution in [1.29, 1.82) is 0 Å². The van der Waals surface area contributed by atoms with Gasteiger partial charge >= 0.3 is 5.97 Å². The van der Waals surface area contributed by atoms with E-state index < -0.39 is 11.8 Å². The molecule has 0 radical (unpaired) electrons. The minimum absolute atomic E-state index is 0.0696. The van der Waals surface area contributed by atoms with E-state index in [1.54, 1.807) is 0 Å². The topological polar surface area (TPSA) is 57.6 Å². The van der Waals surface area contributed by atoms with E-state index in [0.29, 0.717) is 11.1 Å². The van der Waals surface area contributed by atoms with Gasteiger partial charge in [-0.25, -0.2) is 9.18 Å². The molecule has 1 aromatic carbocycles. The molecule has 0 unspecified atom stereocenters. The first kappa shape index (κ1) is 10.6. The number of carbonyl (C=O) groups is 2. The number of nitrogens with zero attached hydrogens (tertiary/aromatic N) is 1. The molecule has 4 nitrogen and oxygen atoms in total. The number of carboxylic acid groups (broad SMARTS) is 1. The second-order valence-corrected chi connectivity index (χ2v) is 3.73. The molecule has 1 aliphatic rings. The number of aromatic carboxylic acids is 1. The van der Waals surface area contributed by atoms with Crippen LogP contribution in [-0.4, -0.2) is 21.9 Å². The summed E-state index contributed by atoms with van der Waals surface area (Å²) in [4.78, 5) is 23.5. The molecule has 0 fully saturated rings. The highest BCUT2D eigenvalue weighted by atomic mass is 19.1. The van der Waals surface area contributed by atoms with Crippen LogP contribution in [0.15, 0.2) is 12.1 Å². The fraction of sp³-hybridized carbons (Fsp3) is 0.273. The van der Waals surface area contributed by atoms with Crippen LogP contribution in [0.5, 0.6) is 0 Å². The van der Waals surface area contributed by atoms with Gasteiger partial charge in [-0.3, -0.25) is 4.79 Å². The molecule has 1 aromatic rings. The highest BCUT2D eigenvalue weighted by Gasteiger charge is 2.28. The summed E-state index contributed by atoms with van der Waals surface area (Å²) in [5.41, 5.74) is 0.790. The van der Waals surface area contributed by atoms with Gasteiger partial charge in [-0.15, -0.1) is 0 Å². The van der Waals surface area contributed by atoms with Gasteiger partial charge in [0.2, 0.25) is 5.91 Å². The fourth-order valence-electron chi connectivity index (χ4n) is 1.88. The molecule has 0 aliphatic carbocycles. The van der Waals surface area contributed by atoms with Crippen molar-refractivity contribution >= 4 is 11.9 Å². The number of hydrogen-bond donors (Lipinski definition) is 1. The van der Waals surface area contributed by atoms with Gasteiger partial charge < -0.3 is 10.0 Å². The predicted octanol–water partition coefficient (Wildman–Crippen LogP) is 1.39. The van der Waals surface area contributed by atoms with E-state index in [0.717, 1.165) is 6.07 Å². The summed E-state index contributed by atoms with van der Waals surface area (Å²) in [5.74, 6) is -1.74. The number of halogens is 1. The molecule has 5 heteroatoms. The minimum Gasteiger partial charge on any atom is -0.478 e. The quantitative estimate of drug-likeness (QED) is 0.782. The van der Waals surface area contributed by atoms with Crippen molar-refractivity contribution in [1.82, 2.24) is 4.90 Å². The maximum Gasteiger partial charge on any atom is 0.336 e. The number of rotatable bonds is 1. The lowest BCUT2D eigenvalue weighted by atomic mass is 10.0. The number of carbonyl (C=O) groups excluding carboxylic acids is 1. The monoisotopic (exact) mass is 223 g/mol. The number of carboxylic acids is 1. The number of amides is 1. The first-order chi connectivity index (χ1) is 7.50. The zero-order valence-electron chi connectivity index (χ0n) is 8.66. The van der Waals surface area contributed by atoms with Gasteiger partial charge in [-0.05, 0) is 17.7 Å². The smallest absolute Gasteiger partial charge is 0.336 e. The Kier molecular flexibility index (Phi) is 2.38. The Bertz CT molecular complexity index is 484. The Morgan fingerprint density at radius 1 is 1.31 bits per heavy atom. The third kappa shape index (κ3) is 1.54. The van der Waals surface area contributed by atoms with E-state index in [1.807, 2.05) is 0 Å². The van der Waals surface area contributed by atoms with E-state index in [1.165, 1.54) is 17.9 Å². The van der Waals surface area contributed by atoms with Gasteiger partial charge in [0.05, 0.1) is 5.56 Å². The van der Waals surface area contributed by atoms with Gasteiger partial charge in [0.25, 0.3) is 0 Å². The lowest BCUT2D eigenvalue weighted by Crippen LogP contribution is -2.22. The van der Waals surface area contributed by atoms with Crippen LogP contribution >= 0.6 is 0 Å². The molecule has 0 saturated heterocycles. The van der Waals surface area contributed by atoms with E-state index in [4.69, 9.17) is 5.11 Å². The second-order valence-electron chi connectivity index (χ2n) is 3.73. The Morgan fingerprint density at radius 2 is 1.94 bits per heavy atom. The summed E-state index contributed by atoms with van der Waals surface area (Å²) in [6.07, 6.45) is 0. The summed E-state index contributed by atoms with van der Waals surface area (Å²) in [6, 6.07) is 2.37. The van der Waals surface area contributed by atoms with Crippen LogP contribution in [-0.2, 0) is 17.9 Å². The zero-order valence-corrected chi connectivity index (χ0v) is 8.66. The largest absolute Gasteiger partial charge is 0.478 e. The molecule has 1 heterocycles. The van der Waals surface area contributed by atoms with Crippen molar-refractivity contribution in [2.45, 2.75) is 20.0 Å². The Morgan fingerprint density at radius 3 is 2.50 bits per heavy atom. The highest BCUT2D eigenvalue weighted by Crippen LogP contribution is 2.28. The molecule has 0 aromatic heterocycles. The second kappa shape index (κ2) is 3.59. The van der Waals surface area contributed by atoms with Crippen LogP contribution < -0.4 is 0 Å². The van der Waals surface area contributed by atoms with Gasteiger partial charge in [-0.1, -0.05) is 0 Å². The predicted molar refractivity (Wildman–Crippen MR) is 53.3 cm³/mol. The molecule has 16 heavy (non-hydrogen) atoms. The van der Waals surface area contributed by atoms with Gasteiger partial charge in [-0.2, -0.15) is 0 Å². The van der Waals surface area contributed by atoms with Gasteiger partial charge in [0.15, 0.2) is 0 Å². The summed E-state index contributed by atoms with van der Waals surface area (Å²) in [5, 5.41) is 8.94. The molecule has 2 rings (SSSR count). The molecule has 1 amide bonds. The molecular weight excluding hydrogens is 213 g/mol. The Hall–Kier alpha value is -1.91. The lowest BCUT2D eigenvalue weighted by molar-refractivity contribution is -0.129. The molecule has 1 aliphatic heterocycles. The molecule has 0 saturated carbocycles. The average Bonchev–Trinajstić information content (AvgIpc) is 2.62. The number of fused-ring (bicyclic) bond motifs is 1. The molecule has 0 bridgehead atoms.